The summed E-state index contributed by atoms with van der Waals surface area (Å²) < 4.78 is 42.5. The normalized spacial score (nSPS) is 24.6. The van der Waals surface area contributed by atoms with Crippen LogP contribution in [0.15, 0.2) is 20.1 Å². The Morgan fingerprint density at radius 1 is 1.40 bits per heavy atom. The number of rotatable bonds is 4. The van der Waals surface area contributed by atoms with E-state index >= 15 is 0 Å². The molecular weight excluding hydrogens is 348 g/mol. The highest BCUT2D eigenvalue weighted by atomic mass is 32.2. The van der Waals surface area contributed by atoms with E-state index in [1.807, 2.05) is 0 Å². The Morgan fingerprint density at radius 3 is 3.04 bits per heavy atom. The van der Waals surface area contributed by atoms with Gasteiger partial charge in [-0.1, -0.05) is 5.16 Å². The van der Waals surface area contributed by atoms with Gasteiger partial charge in [-0.15, -0.1) is 0 Å². The minimum atomic E-state index is -3.67. The zero-order valence-electron chi connectivity index (χ0n) is 14.1. The van der Waals surface area contributed by atoms with Crippen LogP contribution in [-0.2, 0) is 14.8 Å². The number of hydrogen-bond donors (Lipinski definition) is 1. The molecule has 2 aromatic heterocycles. The van der Waals surface area contributed by atoms with E-state index in [1.165, 1.54) is 26.0 Å². The molecule has 0 amide bonds. The summed E-state index contributed by atoms with van der Waals surface area (Å²) >= 11 is 0. The second-order valence-electron chi connectivity index (χ2n) is 6.31. The fraction of sp³-hybridized carbons (Fsp3) is 0.600. The van der Waals surface area contributed by atoms with Crippen molar-refractivity contribution >= 4 is 10.0 Å². The molecule has 2 saturated heterocycles. The molecule has 4 heterocycles. The smallest absolute Gasteiger partial charge is 0.273 e. The van der Waals surface area contributed by atoms with E-state index in [2.05, 4.69) is 19.8 Å². The molecule has 2 aromatic rings. The molecule has 2 aliphatic heterocycles. The van der Waals surface area contributed by atoms with Gasteiger partial charge in [0.05, 0.1) is 12.2 Å². The Kier molecular flexibility index (Phi) is 4.14. The molecule has 2 fully saturated rings. The lowest BCUT2D eigenvalue weighted by Crippen LogP contribution is -2.42. The molecule has 1 N–H and O–H groups in total. The second-order valence-corrected chi connectivity index (χ2v) is 8.13. The summed E-state index contributed by atoms with van der Waals surface area (Å²) in [6.07, 6.45) is 2.12. The van der Waals surface area contributed by atoms with Crippen LogP contribution in [0.1, 0.15) is 30.5 Å². The minimum absolute atomic E-state index is 0.184. The van der Waals surface area contributed by atoms with Crippen molar-refractivity contribution in [2.24, 2.45) is 0 Å². The first-order valence-electron chi connectivity index (χ1n) is 8.21. The fourth-order valence-corrected chi connectivity index (χ4v) is 4.06. The standard InChI is InChI=1S/C15H20N4O5S/c1-9-11(6-13(23-9)25(20,21)16-2)15-17-14(18-24-15)12-7-19-5-3-4-10(19)8-22-12/h6,10,12,16H,3-5,7-8H2,1-2H3. The zero-order chi connectivity index (χ0) is 17.6. The average Bonchev–Trinajstić information content (AvgIpc) is 3.32. The van der Waals surface area contributed by atoms with Gasteiger partial charge in [0, 0.05) is 18.7 Å². The van der Waals surface area contributed by atoms with Gasteiger partial charge in [-0.3, -0.25) is 4.90 Å². The molecule has 0 radical (unpaired) electrons. The highest BCUT2D eigenvalue weighted by Gasteiger charge is 2.35. The van der Waals surface area contributed by atoms with Gasteiger partial charge < -0.3 is 13.7 Å². The maximum atomic E-state index is 11.9. The third kappa shape index (κ3) is 2.99. The van der Waals surface area contributed by atoms with Gasteiger partial charge in [0.15, 0.2) is 0 Å². The molecule has 0 bridgehead atoms. The number of morpholine rings is 1. The van der Waals surface area contributed by atoms with E-state index in [4.69, 9.17) is 13.7 Å². The molecule has 2 unspecified atom stereocenters. The number of aromatic nitrogens is 2. The van der Waals surface area contributed by atoms with Crippen LogP contribution in [-0.4, -0.2) is 56.2 Å². The quantitative estimate of drug-likeness (QED) is 0.853. The first-order chi connectivity index (χ1) is 12.0. The van der Waals surface area contributed by atoms with Crippen LogP contribution in [0.25, 0.3) is 11.5 Å². The SMILES string of the molecule is CNS(=O)(=O)c1cc(-c2nc(C3CN4CCCC4CO3)no2)c(C)o1. The van der Waals surface area contributed by atoms with Crippen molar-refractivity contribution in [2.45, 2.75) is 37.0 Å². The van der Waals surface area contributed by atoms with Crippen LogP contribution in [0, 0.1) is 6.92 Å². The van der Waals surface area contributed by atoms with Crippen molar-refractivity contribution < 1.29 is 22.1 Å². The number of aryl methyl sites for hydroxylation is 1. The molecule has 9 nitrogen and oxygen atoms in total. The summed E-state index contributed by atoms with van der Waals surface area (Å²) in [4.78, 5) is 6.79. The summed E-state index contributed by atoms with van der Waals surface area (Å²) in [7, 11) is -2.35. The molecular formula is C15H20N4O5S. The minimum Gasteiger partial charge on any atom is -0.448 e. The van der Waals surface area contributed by atoms with Crippen LogP contribution in [0.3, 0.4) is 0 Å². The second kappa shape index (κ2) is 6.20. The van der Waals surface area contributed by atoms with Gasteiger partial charge in [-0.2, -0.15) is 4.98 Å². The lowest BCUT2D eigenvalue weighted by Gasteiger charge is -2.33. The molecule has 0 saturated carbocycles. The van der Waals surface area contributed by atoms with Gasteiger partial charge in [-0.05, 0) is 33.4 Å². The Bertz CT molecular complexity index is 874. The summed E-state index contributed by atoms with van der Waals surface area (Å²) in [5.74, 6) is 1.09. The Morgan fingerprint density at radius 2 is 2.24 bits per heavy atom. The number of nitrogens with one attached hydrogen (secondary N) is 1. The van der Waals surface area contributed by atoms with Crippen LogP contribution in [0.4, 0.5) is 0 Å². The maximum Gasteiger partial charge on any atom is 0.273 e. The monoisotopic (exact) mass is 368 g/mol. The van der Waals surface area contributed by atoms with Gasteiger partial charge in [0.25, 0.3) is 15.9 Å². The van der Waals surface area contributed by atoms with Crippen LogP contribution in [0.5, 0.6) is 0 Å². The Balaban J connectivity index is 1.57. The van der Waals surface area contributed by atoms with E-state index in [-0.39, 0.29) is 17.1 Å². The molecule has 25 heavy (non-hydrogen) atoms. The summed E-state index contributed by atoms with van der Waals surface area (Å²) in [5, 5.41) is 3.83. The van der Waals surface area contributed by atoms with Crippen molar-refractivity contribution in [3.8, 4) is 11.5 Å². The lowest BCUT2D eigenvalue weighted by molar-refractivity contribution is -0.0548. The third-order valence-electron chi connectivity index (χ3n) is 4.78. The van der Waals surface area contributed by atoms with E-state index in [9.17, 15) is 8.42 Å². The maximum absolute atomic E-state index is 11.9. The molecule has 0 spiro atoms. The third-order valence-corrected chi connectivity index (χ3v) is 6.05. The predicted octanol–water partition coefficient (Wildman–Crippen LogP) is 1.08. The van der Waals surface area contributed by atoms with Crippen molar-refractivity contribution in [3.05, 3.63) is 17.7 Å². The molecule has 0 aliphatic carbocycles. The van der Waals surface area contributed by atoms with Gasteiger partial charge in [0.2, 0.25) is 10.9 Å². The summed E-state index contributed by atoms with van der Waals surface area (Å²) in [6.45, 7) is 4.14. The molecule has 2 aliphatic rings. The van der Waals surface area contributed by atoms with Gasteiger partial charge in [-0.25, -0.2) is 13.1 Å². The number of sulfonamides is 1. The Labute approximate surface area is 145 Å². The Hall–Kier alpha value is -1.75. The van der Waals surface area contributed by atoms with Crippen molar-refractivity contribution in [2.75, 3.05) is 26.7 Å². The van der Waals surface area contributed by atoms with Gasteiger partial charge >= 0.3 is 0 Å². The topological polar surface area (TPSA) is 111 Å². The van der Waals surface area contributed by atoms with E-state index < -0.39 is 10.0 Å². The van der Waals surface area contributed by atoms with Crippen LogP contribution in [0.2, 0.25) is 0 Å². The highest BCUT2D eigenvalue weighted by Crippen LogP contribution is 2.32. The molecule has 136 valence electrons. The van der Waals surface area contributed by atoms with Gasteiger partial charge in [0.1, 0.15) is 11.9 Å². The zero-order valence-corrected chi connectivity index (χ0v) is 14.9. The van der Waals surface area contributed by atoms with Crippen molar-refractivity contribution in [1.82, 2.24) is 19.8 Å². The van der Waals surface area contributed by atoms with E-state index in [0.29, 0.717) is 29.8 Å². The average molecular weight is 368 g/mol. The van der Waals surface area contributed by atoms with Crippen molar-refractivity contribution in [3.63, 3.8) is 0 Å². The fourth-order valence-electron chi connectivity index (χ4n) is 3.35. The first-order valence-corrected chi connectivity index (χ1v) is 9.70. The molecule has 0 aromatic carbocycles. The first kappa shape index (κ1) is 16.7. The van der Waals surface area contributed by atoms with Crippen molar-refractivity contribution in [1.29, 1.82) is 0 Å². The number of hydrogen-bond acceptors (Lipinski definition) is 8. The number of furan rings is 1. The largest absolute Gasteiger partial charge is 0.448 e. The van der Waals surface area contributed by atoms with Crippen LogP contribution >= 0.6 is 0 Å². The summed E-state index contributed by atoms with van der Waals surface area (Å²) in [6, 6.07) is 1.88. The van der Waals surface area contributed by atoms with E-state index in [1.54, 1.807) is 6.92 Å². The highest BCUT2D eigenvalue weighted by molar-refractivity contribution is 7.89. The molecule has 2 atom stereocenters. The molecule has 10 heteroatoms. The number of nitrogens with zero attached hydrogens (tertiary/aromatic N) is 3. The van der Waals surface area contributed by atoms with E-state index in [0.717, 1.165) is 13.1 Å². The number of fused-ring (bicyclic) bond motifs is 1. The number of ether oxygens (including phenoxy) is 1. The lowest BCUT2D eigenvalue weighted by atomic mass is 10.2. The summed E-state index contributed by atoms with van der Waals surface area (Å²) in [5.41, 5.74) is 0.461. The van der Waals surface area contributed by atoms with Crippen LogP contribution < -0.4 is 4.72 Å². The predicted molar refractivity (Wildman–Crippen MR) is 86.3 cm³/mol. The molecule has 4 rings (SSSR count).